The zero-order valence-corrected chi connectivity index (χ0v) is 12.6. The lowest BCUT2D eigenvalue weighted by molar-refractivity contribution is -0.144. The fourth-order valence-corrected chi connectivity index (χ4v) is 2.39. The van der Waals surface area contributed by atoms with Gasteiger partial charge in [0.2, 0.25) is 0 Å². The molecule has 0 saturated carbocycles. The maximum atomic E-state index is 11.6. The van der Waals surface area contributed by atoms with E-state index in [-0.39, 0.29) is 12.0 Å². The van der Waals surface area contributed by atoms with E-state index in [1.54, 1.807) is 7.11 Å². The quantitative estimate of drug-likeness (QED) is 0.628. The first-order valence-corrected chi connectivity index (χ1v) is 7.28. The Bertz CT molecular complexity index is 527. The maximum Gasteiger partial charge on any atom is 0.320 e. The first-order chi connectivity index (χ1) is 10.2. The third-order valence-corrected chi connectivity index (χ3v) is 3.47. The van der Waals surface area contributed by atoms with E-state index in [2.05, 4.69) is 16.7 Å². The van der Waals surface area contributed by atoms with Crippen LogP contribution >= 0.6 is 0 Å². The summed E-state index contributed by atoms with van der Waals surface area (Å²) in [5, 5.41) is 0. The van der Waals surface area contributed by atoms with Crippen molar-refractivity contribution >= 4 is 5.97 Å². The molecule has 0 spiro atoms. The molecule has 1 saturated heterocycles. The number of rotatable bonds is 4. The number of carbonyl (C=O) groups is 1. The second kappa shape index (κ2) is 7.70. The summed E-state index contributed by atoms with van der Waals surface area (Å²) in [6.07, 6.45) is 2.07. The van der Waals surface area contributed by atoms with Crippen LogP contribution in [0.4, 0.5) is 0 Å². The van der Waals surface area contributed by atoms with E-state index in [1.807, 2.05) is 31.2 Å². The molecule has 0 N–H and O–H groups in total. The number of benzene rings is 1. The Morgan fingerprint density at radius 2 is 2.14 bits per heavy atom. The van der Waals surface area contributed by atoms with E-state index in [0.29, 0.717) is 13.2 Å². The van der Waals surface area contributed by atoms with Gasteiger partial charge < -0.3 is 9.47 Å². The van der Waals surface area contributed by atoms with Gasteiger partial charge in [0.1, 0.15) is 5.75 Å². The number of ether oxygens (including phenoxy) is 2. The van der Waals surface area contributed by atoms with Gasteiger partial charge in [0.05, 0.1) is 26.3 Å². The third-order valence-electron chi connectivity index (χ3n) is 3.47. The van der Waals surface area contributed by atoms with Crippen molar-refractivity contribution < 1.29 is 14.3 Å². The standard InChI is InChI=1S/C17H21NO3/c1-3-21-17(19)13-18-12-4-5-15(18)9-6-14-7-10-16(20-2)11-8-14/h7-8,10-11,15H,3-5,12-13H2,1-2H3. The highest BCUT2D eigenvalue weighted by molar-refractivity contribution is 5.71. The molecule has 0 aliphatic carbocycles. The maximum absolute atomic E-state index is 11.6. The Hall–Kier alpha value is -1.99. The summed E-state index contributed by atoms with van der Waals surface area (Å²) in [5.74, 6) is 7.09. The van der Waals surface area contributed by atoms with Crippen LogP contribution in [-0.2, 0) is 9.53 Å². The van der Waals surface area contributed by atoms with Crippen molar-refractivity contribution in [3.05, 3.63) is 29.8 Å². The number of hydrogen-bond acceptors (Lipinski definition) is 4. The Kier molecular flexibility index (Phi) is 5.65. The van der Waals surface area contributed by atoms with Gasteiger partial charge in [-0.25, -0.2) is 0 Å². The van der Waals surface area contributed by atoms with Crippen molar-refractivity contribution in [2.75, 3.05) is 26.8 Å². The molecular formula is C17H21NO3. The Balaban J connectivity index is 1.97. The van der Waals surface area contributed by atoms with Crippen LogP contribution in [0.5, 0.6) is 5.75 Å². The molecule has 4 nitrogen and oxygen atoms in total. The Morgan fingerprint density at radius 1 is 1.38 bits per heavy atom. The van der Waals surface area contributed by atoms with Crippen molar-refractivity contribution in [1.82, 2.24) is 4.90 Å². The van der Waals surface area contributed by atoms with Gasteiger partial charge in [0.25, 0.3) is 0 Å². The molecule has 1 aromatic rings. The summed E-state index contributed by atoms with van der Waals surface area (Å²) < 4.78 is 10.1. The van der Waals surface area contributed by atoms with Gasteiger partial charge in [-0.15, -0.1) is 0 Å². The van der Waals surface area contributed by atoms with Crippen molar-refractivity contribution in [3.8, 4) is 17.6 Å². The molecule has 0 amide bonds. The molecule has 2 rings (SSSR count). The van der Waals surface area contributed by atoms with Crippen molar-refractivity contribution in [1.29, 1.82) is 0 Å². The first-order valence-electron chi connectivity index (χ1n) is 7.28. The summed E-state index contributed by atoms with van der Waals surface area (Å²) in [5.41, 5.74) is 0.957. The normalized spacial score (nSPS) is 17.9. The molecule has 4 heteroatoms. The second-order valence-electron chi connectivity index (χ2n) is 4.93. The van der Waals surface area contributed by atoms with Gasteiger partial charge in [-0.1, -0.05) is 11.8 Å². The lowest BCUT2D eigenvalue weighted by Crippen LogP contribution is -2.34. The molecule has 1 unspecified atom stereocenters. The molecule has 0 aromatic heterocycles. The van der Waals surface area contributed by atoms with E-state index in [4.69, 9.17) is 9.47 Å². The smallest absolute Gasteiger partial charge is 0.320 e. The largest absolute Gasteiger partial charge is 0.497 e. The summed E-state index contributed by atoms with van der Waals surface area (Å²) in [7, 11) is 1.65. The van der Waals surface area contributed by atoms with Crippen molar-refractivity contribution in [2.24, 2.45) is 0 Å². The SMILES string of the molecule is CCOC(=O)CN1CCCC1C#Cc1ccc(OC)cc1. The molecule has 1 aliphatic rings. The van der Waals surface area contributed by atoms with Gasteiger partial charge in [0, 0.05) is 12.1 Å². The lowest BCUT2D eigenvalue weighted by Gasteiger charge is -2.18. The zero-order chi connectivity index (χ0) is 15.1. The Morgan fingerprint density at radius 3 is 2.81 bits per heavy atom. The van der Waals surface area contributed by atoms with Crippen LogP contribution in [0.3, 0.4) is 0 Å². The third kappa shape index (κ3) is 4.51. The van der Waals surface area contributed by atoms with Crippen LogP contribution in [0, 0.1) is 11.8 Å². The summed E-state index contributed by atoms with van der Waals surface area (Å²) >= 11 is 0. The highest BCUT2D eigenvalue weighted by Crippen LogP contribution is 2.16. The first kappa shape index (κ1) is 15.4. The summed E-state index contributed by atoms with van der Waals surface area (Å²) in [4.78, 5) is 13.7. The average molecular weight is 287 g/mol. The van der Waals surface area contributed by atoms with Crippen LogP contribution in [0.15, 0.2) is 24.3 Å². The average Bonchev–Trinajstić information content (AvgIpc) is 2.93. The minimum absolute atomic E-state index is 0.136. The number of hydrogen-bond donors (Lipinski definition) is 0. The van der Waals surface area contributed by atoms with Gasteiger partial charge in [-0.3, -0.25) is 9.69 Å². The minimum atomic E-state index is -0.171. The summed E-state index contributed by atoms with van der Waals surface area (Å²) in [6, 6.07) is 7.81. The molecule has 112 valence electrons. The molecule has 21 heavy (non-hydrogen) atoms. The number of likely N-dealkylation sites (tertiary alicyclic amines) is 1. The molecule has 1 aliphatic heterocycles. The molecular weight excluding hydrogens is 266 g/mol. The lowest BCUT2D eigenvalue weighted by atomic mass is 10.1. The van der Waals surface area contributed by atoms with Crippen LogP contribution in [0.2, 0.25) is 0 Å². The van der Waals surface area contributed by atoms with Crippen molar-refractivity contribution in [3.63, 3.8) is 0 Å². The number of esters is 1. The van der Waals surface area contributed by atoms with E-state index in [1.165, 1.54) is 0 Å². The fraction of sp³-hybridized carbons (Fsp3) is 0.471. The van der Waals surface area contributed by atoms with E-state index >= 15 is 0 Å². The fourth-order valence-electron chi connectivity index (χ4n) is 2.39. The van der Waals surface area contributed by atoms with Crippen LogP contribution < -0.4 is 4.74 Å². The zero-order valence-electron chi connectivity index (χ0n) is 12.6. The van der Waals surface area contributed by atoms with Gasteiger partial charge in [-0.05, 0) is 44.0 Å². The monoisotopic (exact) mass is 287 g/mol. The minimum Gasteiger partial charge on any atom is -0.497 e. The van der Waals surface area contributed by atoms with E-state index in [0.717, 1.165) is 30.7 Å². The molecule has 1 atom stereocenters. The predicted octanol–water partition coefficient (Wildman–Crippen LogP) is 2.07. The van der Waals surface area contributed by atoms with Crippen LogP contribution in [-0.4, -0.2) is 43.7 Å². The predicted molar refractivity (Wildman–Crippen MR) is 81.1 cm³/mol. The highest BCUT2D eigenvalue weighted by Gasteiger charge is 2.24. The van der Waals surface area contributed by atoms with E-state index in [9.17, 15) is 4.79 Å². The number of nitrogens with zero attached hydrogens (tertiary/aromatic N) is 1. The highest BCUT2D eigenvalue weighted by atomic mass is 16.5. The van der Waals surface area contributed by atoms with Crippen LogP contribution in [0.1, 0.15) is 25.3 Å². The number of methoxy groups -OCH3 is 1. The Labute approximate surface area is 126 Å². The second-order valence-corrected chi connectivity index (χ2v) is 4.93. The van der Waals surface area contributed by atoms with Crippen molar-refractivity contribution in [2.45, 2.75) is 25.8 Å². The molecule has 1 heterocycles. The van der Waals surface area contributed by atoms with Gasteiger partial charge in [-0.2, -0.15) is 0 Å². The van der Waals surface area contributed by atoms with Gasteiger partial charge >= 0.3 is 5.97 Å². The van der Waals surface area contributed by atoms with Crippen LogP contribution in [0.25, 0.3) is 0 Å². The van der Waals surface area contributed by atoms with E-state index < -0.39 is 0 Å². The van der Waals surface area contributed by atoms with Gasteiger partial charge in [0.15, 0.2) is 0 Å². The molecule has 0 bridgehead atoms. The molecule has 1 aromatic carbocycles. The topological polar surface area (TPSA) is 38.8 Å². The molecule has 0 radical (unpaired) electrons. The molecule has 1 fully saturated rings. The number of carbonyl (C=O) groups excluding carboxylic acids is 1. The summed E-state index contributed by atoms with van der Waals surface area (Å²) in [6.45, 7) is 3.48.